The highest BCUT2D eigenvalue weighted by Crippen LogP contribution is 2.38. The van der Waals surface area contributed by atoms with Crippen molar-refractivity contribution in [1.82, 2.24) is 4.90 Å². The number of halogens is 1. The Labute approximate surface area is 152 Å². The quantitative estimate of drug-likeness (QED) is 0.811. The number of benzene rings is 1. The minimum atomic E-state index is -1.25. The van der Waals surface area contributed by atoms with Crippen LogP contribution in [0, 0.1) is 12.7 Å². The minimum absolute atomic E-state index is 0.296. The zero-order valence-electron chi connectivity index (χ0n) is 15.8. The molecule has 1 aliphatic heterocycles. The molecule has 0 spiro atoms. The molecule has 1 unspecified atom stereocenters. The lowest BCUT2D eigenvalue weighted by Gasteiger charge is -2.28. The Morgan fingerprint density at radius 1 is 1.27 bits per heavy atom. The van der Waals surface area contributed by atoms with E-state index in [4.69, 9.17) is 9.15 Å². The molecule has 0 aliphatic carbocycles. The van der Waals surface area contributed by atoms with Crippen molar-refractivity contribution in [1.29, 1.82) is 0 Å². The monoisotopic (exact) mass is 363 g/mol. The highest BCUT2D eigenvalue weighted by Gasteiger charge is 2.36. The van der Waals surface area contributed by atoms with E-state index in [-0.39, 0.29) is 6.09 Å². The standard InChI is InChI=1S/C20H26FNO4/c1-13-10-14-11-15(21)12-16(17(14)25-13)20(24)6-5-8-22(9-7-20)18(23)26-19(2,3)4/h10-12,24H,5-9H2,1-4H3. The summed E-state index contributed by atoms with van der Waals surface area (Å²) in [4.78, 5) is 13.9. The lowest BCUT2D eigenvalue weighted by atomic mass is 9.86. The molecule has 1 atom stereocenters. The van der Waals surface area contributed by atoms with Crippen LogP contribution in [0.15, 0.2) is 22.6 Å². The predicted molar refractivity (Wildman–Crippen MR) is 96.5 cm³/mol. The van der Waals surface area contributed by atoms with Crippen molar-refractivity contribution >= 4 is 17.1 Å². The molecule has 1 fully saturated rings. The van der Waals surface area contributed by atoms with Gasteiger partial charge in [0, 0.05) is 24.0 Å². The zero-order valence-corrected chi connectivity index (χ0v) is 15.8. The van der Waals surface area contributed by atoms with Crippen molar-refractivity contribution in [3.63, 3.8) is 0 Å². The molecule has 1 aliphatic rings. The van der Waals surface area contributed by atoms with Gasteiger partial charge in [-0.2, -0.15) is 0 Å². The smallest absolute Gasteiger partial charge is 0.410 e. The number of aliphatic hydroxyl groups is 1. The van der Waals surface area contributed by atoms with E-state index in [2.05, 4.69) is 0 Å². The van der Waals surface area contributed by atoms with Gasteiger partial charge in [0.1, 0.15) is 22.8 Å². The van der Waals surface area contributed by atoms with Gasteiger partial charge in [0.2, 0.25) is 0 Å². The molecule has 1 aromatic carbocycles. The van der Waals surface area contributed by atoms with Crippen molar-refractivity contribution < 1.29 is 23.4 Å². The fourth-order valence-corrected chi connectivity index (χ4v) is 3.49. The number of likely N-dealkylation sites (tertiary alicyclic amines) is 1. The van der Waals surface area contributed by atoms with Crippen LogP contribution in [0.2, 0.25) is 0 Å². The van der Waals surface area contributed by atoms with Crippen molar-refractivity contribution in [3.8, 4) is 0 Å². The summed E-state index contributed by atoms with van der Waals surface area (Å²) >= 11 is 0. The molecule has 5 nitrogen and oxygen atoms in total. The lowest BCUT2D eigenvalue weighted by Crippen LogP contribution is -2.38. The molecule has 3 rings (SSSR count). The van der Waals surface area contributed by atoms with Crippen LogP contribution >= 0.6 is 0 Å². The lowest BCUT2D eigenvalue weighted by molar-refractivity contribution is 0.0131. The van der Waals surface area contributed by atoms with Crippen LogP contribution in [-0.2, 0) is 10.3 Å². The van der Waals surface area contributed by atoms with Crippen molar-refractivity contribution in [2.45, 2.75) is 58.2 Å². The first-order valence-electron chi connectivity index (χ1n) is 8.98. The first-order valence-corrected chi connectivity index (χ1v) is 8.98. The predicted octanol–water partition coefficient (Wildman–Crippen LogP) is 4.49. The average molecular weight is 363 g/mol. The van der Waals surface area contributed by atoms with Crippen LogP contribution < -0.4 is 0 Å². The Hall–Kier alpha value is -2.08. The SMILES string of the molecule is Cc1cc2cc(F)cc(C3(O)CCCN(C(=O)OC(C)(C)C)CC3)c2o1. The number of nitrogens with zero attached hydrogens (tertiary/aromatic N) is 1. The summed E-state index contributed by atoms with van der Waals surface area (Å²) < 4.78 is 25.2. The Balaban J connectivity index is 1.87. The van der Waals surface area contributed by atoms with E-state index in [0.717, 1.165) is 0 Å². The molecule has 1 amide bonds. The summed E-state index contributed by atoms with van der Waals surface area (Å²) in [5.41, 5.74) is -0.856. The Morgan fingerprint density at radius 2 is 2.00 bits per heavy atom. The molecule has 142 valence electrons. The van der Waals surface area contributed by atoms with E-state index in [1.54, 1.807) is 17.9 Å². The Morgan fingerprint density at radius 3 is 2.69 bits per heavy atom. The van der Waals surface area contributed by atoms with Gasteiger partial charge in [0.05, 0.1) is 5.60 Å². The minimum Gasteiger partial charge on any atom is -0.461 e. The van der Waals surface area contributed by atoms with E-state index in [1.165, 1.54) is 12.1 Å². The van der Waals surface area contributed by atoms with Gasteiger partial charge in [0.25, 0.3) is 0 Å². The number of hydrogen-bond donors (Lipinski definition) is 1. The van der Waals surface area contributed by atoms with Crippen LogP contribution in [0.3, 0.4) is 0 Å². The number of ether oxygens (including phenoxy) is 1. The molecule has 0 radical (unpaired) electrons. The second kappa shape index (κ2) is 6.58. The summed E-state index contributed by atoms with van der Waals surface area (Å²) in [6.07, 6.45) is 0.919. The molecule has 26 heavy (non-hydrogen) atoms. The second-order valence-corrected chi connectivity index (χ2v) is 8.08. The molecular weight excluding hydrogens is 337 g/mol. The summed E-state index contributed by atoms with van der Waals surface area (Å²) in [6.45, 7) is 8.09. The average Bonchev–Trinajstić information content (AvgIpc) is 2.74. The summed E-state index contributed by atoms with van der Waals surface area (Å²) in [7, 11) is 0. The molecule has 1 N–H and O–H groups in total. The van der Waals surface area contributed by atoms with Crippen LogP contribution in [-0.4, -0.2) is 34.8 Å². The van der Waals surface area contributed by atoms with Gasteiger partial charge in [-0.25, -0.2) is 9.18 Å². The van der Waals surface area contributed by atoms with Crippen LogP contribution in [0.25, 0.3) is 11.0 Å². The Kier molecular flexibility index (Phi) is 4.73. The third kappa shape index (κ3) is 3.85. The van der Waals surface area contributed by atoms with E-state index in [9.17, 15) is 14.3 Å². The number of fused-ring (bicyclic) bond motifs is 1. The third-order valence-electron chi connectivity index (χ3n) is 4.67. The number of aryl methyl sites for hydroxylation is 1. The number of carbonyl (C=O) groups excluding carboxylic acids is 1. The van der Waals surface area contributed by atoms with Gasteiger partial charge in [-0.15, -0.1) is 0 Å². The molecule has 6 heteroatoms. The summed E-state index contributed by atoms with van der Waals surface area (Å²) in [6, 6.07) is 4.51. The normalized spacial score (nSPS) is 21.7. The van der Waals surface area contributed by atoms with Gasteiger partial charge in [-0.05, 0) is 65.2 Å². The van der Waals surface area contributed by atoms with Crippen molar-refractivity contribution in [2.75, 3.05) is 13.1 Å². The molecule has 0 bridgehead atoms. The maximum atomic E-state index is 14.1. The van der Waals surface area contributed by atoms with Crippen LogP contribution in [0.4, 0.5) is 9.18 Å². The molecule has 0 saturated carbocycles. The molecule has 2 heterocycles. The largest absolute Gasteiger partial charge is 0.461 e. The highest BCUT2D eigenvalue weighted by atomic mass is 19.1. The number of furan rings is 1. The maximum Gasteiger partial charge on any atom is 0.410 e. The van der Waals surface area contributed by atoms with Crippen molar-refractivity contribution in [3.05, 3.63) is 35.3 Å². The number of carbonyl (C=O) groups is 1. The van der Waals surface area contributed by atoms with E-state index in [0.29, 0.717) is 54.6 Å². The van der Waals surface area contributed by atoms with Gasteiger partial charge in [0.15, 0.2) is 0 Å². The second-order valence-electron chi connectivity index (χ2n) is 8.08. The summed E-state index contributed by atoms with van der Waals surface area (Å²) in [5.74, 6) is 0.259. The Bertz CT molecular complexity index is 823. The van der Waals surface area contributed by atoms with Crippen molar-refractivity contribution in [2.24, 2.45) is 0 Å². The molecule has 1 aromatic heterocycles. The maximum absolute atomic E-state index is 14.1. The van der Waals surface area contributed by atoms with E-state index in [1.807, 2.05) is 20.8 Å². The van der Waals surface area contributed by atoms with E-state index < -0.39 is 17.0 Å². The number of hydrogen-bond acceptors (Lipinski definition) is 4. The van der Waals surface area contributed by atoms with Gasteiger partial charge >= 0.3 is 6.09 Å². The van der Waals surface area contributed by atoms with Gasteiger partial charge < -0.3 is 19.2 Å². The highest BCUT2D eigenvalue weighted by molar-refractivity contribution is 5.82. The topological polar surface area (TPSA) is 62.9 Å². The summed E-state index contributed by atoms with van der Waals surface area (Å²) in [5, 5.41) is 11.9. The molecule has 2 aromatic rings. The first-order chi connectivity index (χ1) is 12.1. The molecular formula is C20H26FNO4. The molecule has 1 saturated heterocycles. The number of amides is 1. The zero-order chi connectivity index (χ0) is 19.1. The van der Waals surface area contributed by atoms with E-state index >= 15 is 0 Å². The number of rotatable bonds is 1. The van der Waals surface area contributed by atoms with Crippen LogP contribution in [0.5, 0.6) is 0 Å². The fraction of sp³-hybridized carbons (Fsp3) is 0.550. The van der Waals surface area contributed by atoms with Gasteiger partial charge in [-0.1, -0.05) is 0 Å². The fourth-order valence-electron chi connectivity index (χ4n) is 3.49. The van der Waals surface area contributed by atoms with Crippen LogP contribution in [0.1, 0.15) is 51.4 Å². The van der Waals surface area contributed by atoms with Gasteiger partial charge in [-0.3, -0.25) is 0 Å². The third-order valence-corrected chi connectivity index (χ3v) is 4.67. The first kappa shape index (κ1) is 18.7.